The number of pyridine rings is 3. The highest BCUT2D eigenvalue weighted by molar-refractivity contribution is 7.89. The predicted molar refractivity (Wildman–Crippen MR) is 341 cm³/mol. The number of aromatic nitrogens is 10. The molecule has 0 spiro atoms. The van der Waals surface area contributed by atoms with E-state index in [4.69, 9.17) is 24.7 Å². The number of carbonyl (C=O) groups excluding carboxylic acids is 4. The first-order chi connectivity index (χ1) is 45.9. The molecule has 16 rings (SSSR count). The van der Waals surface area contributed by atoms with Crippen molar-refractivity contribution in [3.8, 4) is 22.3 Å². The molecule has 3 saturated carbocycles. The number of hydrogen-bond acceptors (Lipinski definition) is 17. The molecule has 3 aliphatic heterocycles. The predicted octanol–water partition coefficient (Wildman–Crippen LogP) is 8.66. The second-order valence-electron chi connectivity index (χ2n) is 25.3. The number of nitrogens with zero attached hydrogens (tertiary/aromatic N) is 15. The Morgan fingerprint density at radius 3 is 1.67 bits per heavy atom. The Balaban J connectivity index is 0.638. The molecule has 3 aliphatic carbocycles. The molecule has 488 valence electrons. The van der Waals surface area contributed by atoms with E-state index in [1.165, 1.54) is 18.2 Å². The number of hydrogen-bond donors (Lipinski definition) is 3. The molecular formula is C65H62F4N18O7S. The molecule has 3 N–H and O–H groups in total. The van der Waals surface area contributed by atoms with Gasteiger partial charge in [0.15, 0.2) is 22.5 Å². The molecule has 10 aromatic rings. The fourth-order valence-corrected chi connectivity index (χ4v) is 14.9. The number of fused-ring (bicyclic) bond motifs is 4. The van der Waals surface area contributed by atoms with Crippen molar-refractivity contribution in [1.29, 1.82) is 0 Å². The summed E-state index contributed by atoms with van der Waals surface area (Å²) in [6.45, 7) is 4.49. The van der Waals surface area contributed by atoms with Crippen LogP contribution in [0.4, 0.5) is 52.9 Å². The summed E-state index contributed by atoms with van der Waals surface area (Å²) in [6, 6.07) is 25.4. The Labute approximate surface area is 539 Å². The van der Waals surface area contributed by atoms with E-state index in [2.05, 4.69) is 41.0 Å². The van der Waals surface area contributed by atoms with Crippen LogP contribution in [0, 0.1) is 30.5 Å². The second-order valence-corrected chi connectivity index (χ2v) is 27.2. The number of piperidine rings is 1. The molecule has 30 heteroatoms. The Kier molecular flexibility index (Phi) is 14.6. The van der Waals surface area contributed by atoms with Crippen molar-refractivity contribution in [2.75, 3.05) is 96.1 Å². The number of nitrogens with one attached hydrogen (secondary N) is 3. The van der Waals surface area contributed by atoms with E-state index in [-0.39, 0.29) is 91.3 Å². The van der Waals surface area contributed by atoms with E-state index in [0.29, 0.717) is 125 Å². The number of sulfonamides is 1. The second kappa shape index (κ2) is 23.1. The number of aryl methyl sites for hydroxylation is 1. The normalized spacial score (nSPS) is 17.8. The lowest BCUT2D eigenvalue weighted by Crippen LogP contribution is -2.49. The van der Waals surface area contributed by atoms with Crippen LogP contribution in [0.1, 0.15) is 84.5 Å². The van der Waals surface area contributed by atoms with E-state index in [9.17, 15) is 40.8 Å². The maximum Gasteiger partial charge on any atom is 0.417 e. The molecule has 6 aliphatic rings. The monoisotopic (exact) mass is 1310 g/mol. The van der Waals surface area contributed by atoms with Crippen molar-refractivity contribution in [1.82, 2.24) is 58.2 Å². The Morgan fingerprint density at radius 1 is 0.547 bits per heavy atom. The van der Waals surface area contributed by atoms with Gasteiger partial charge in [0.05, 0.1) is 16.2 Å². The highest BCUT2D eigenvalue weighted by Gasteiger charge is 2.41. The molecule has 6 fully saturated rings. The summed E-state index contributed by atoms with van der Waals surface area (Å²) in [6.07, 6.45) is 1.20. The summed E-state index contributed by atoms with van der Waals surface area (Å²) in [5.41, 5.74) is 4.44. The minimum absolute atomic E-state index is 0.0104. The number of benzene rings is 3. The van der Waals surface area contributed by atoms with Gasteiger partial charge < -0.3 is 24.1 Å². The maximum absolute atomic E-state index is 16.2. The molecule has 95 heavy (non-hydrogen) atoms. The SMILES string of the molecule is Cc1ccc(C(=O)N2CCN(c3ccc(-c4cc(F)cc5c(C6CCN(c7cccc8nc(NC(=O)C9CC9)nn78)CC6)noc45)c4nc(NC(=O)C5CC5)nn34)CC2)cc1-c1ccc(N2CCN(S(=O)(=O)c3ccccc3C(F)(F)F)CC2)n2nc(NC(=O)C3CC3)nc12. The fourth-order valence-electron chi connectivity index (χ4n) is 13.3. The number of halogens is 4. The van der Waals surface area contributed by atoms with Crippen molar-refractivity contribution in [3.63, 3.8) is 0 Å². The van der Waals surface area contributed by atoms with Gasteiger partial charge in [0, 0.05) is 117 Å². The van der Waals surface area contributed by atoms with Crippen LogP contribution in [0.25, 0.3) is 50.2 Å². The molecule has 7 aromatic heterocycles. The van der Waals surface area contributed by atoms with Gasteiger partial charge in [-0.15, -0.1) is 15.3 Å². The zero-order chi connectivity index (χ0) is 65.2. The van der Waals surface area contributed by atoms with Crippen LogP contribution in [-0.4, -0.2) is 156 Å². The molecule has 0 bridgehead atoms. The Bertz CT molecular complexity index is 4900. The summed E-state index contributed by atoms with van der Waals surface area (Å²) in [5.74, 6) is 0.784. The van der Waals surface area contributed by atoms with Crippen molar-refractivity contribution < 1.29 is 49.7 Å². The summed E-state index contributed by atoms with van der Waals surface area (Å²) < 4.78 is 97.7. The van der Waals surface area contributed by atoms with Gasteiger partial charge in [-0.3, -0.25) is 35.1 Å². The third-order valence-electron chi connectivity index (χ3n) is 18.9. The van der Waals surface area contributed by atoms with Crippen LogP contribution in [0.2, 0.25) is 0 Å². The number of piperazine rings is 2. The lowest BCUT2D eigenvalue weighted by Gasteiger charge is -2.36. The van der Waals surface area contributed by atoms with Crippen LogP contribution in [0.15, 0.2) is 106 Å². The van der Waals surface area contributed by atoms with Crippen molar-refractivity contribution in [2.24, 2.45) is 17.8 Å². The lowest BCUT2D eigenvalue weighted by molar-refractivity contribution is -0.140. The van der Waals surface area contributed by atoms with Gasteiger partial charge in [0.1, 0.15) is 23.3 Å². The molecule has 10 heterocycles. The zero-order valence-corrected chi connectivity index (χ0v) is 52.1. The number of amides is 4. The van der Waals surface area contributed by atoms with Crippen LogP contribution in [0.3, 0.4) is 0 Å². The Hall–Kier alpha value is -10.1. The number of anilines is 6. The zero-order valence-electron chi connectivity index (χ0n) is 51.3. The quantitative estimate of drug-likeness (QED) is 0.0810. The first-order valence-corrected chi connectivity index (χ1v) is 33.3. The highest BCUT2D eigenvalue weighted by Crippen LogP contribution is 2.42. The average Bonchev–Trinajstić information content (AvgIpc) is 1.72. The van der Waals surface area contributed by atoms with E-state index < -0.39 is 32.5 Å². The standard InChI is InChI=1S/C65H62F4N18O7S/c1-36-9-10-41(33-45(36)43-17-19-53(86-56(43)71-63(77-86)74-59(89)39-13-14-39)82-29-31-84(32-30-82)95(92,93)49-6-3-2-5-48(49)65(67,68)69)61(91)83-27-25-81(26-28-83)52-20-18-44(57-72-64(78-87(52)57)75-60(90)40-15-16-40)46-34-42(66)35-47-54(79-94-55(46)47)37-21-23-80(24-22-37)51-8-4-7-50-70-62(76-85(50)51)73-58(88)38-11-12-38/h2-10,17-20,33-35,37-40H,11-16,21-32H2,1H3,(H,73,76,88)(H,74,77,89)(H,75,78,90). The summed E-state index contributed by atoms with van der Waals surface area (Å²) >= 11 is 0. The molecule has 3 saturated heterocycles. The largest absolute Gasteiger partial charge is 0.417 e. The molecule has 0 radical (unpaired) electrons. The van der Waals surface area contributed by atoms with Crippen LogP contribution in [-0.2, 0) is 30.6 Å². The lowest BCUT2D eigenvalue weighted by atomic mass is 9.90. The first kappa shape index (κ1) is 59.9. The molecule has 25 nitrogen and oxygen atoms in total. The number of rotatable bonds is 15. The van der Waals surface area contributed by atoms with Gasteiger partial charge in [0.2, 0.25) is 45.6 Å². The van der Waals surface area contributed by atoms with Crippen molar-refractivity contribution in [3.05, 3.63) is 125 Å². The van der Waals surface area contributed by atoms with Crippen molar-refractivity contribution in [2.45, 2.75) is 75.3 Å². The van der Waals surface area contributed by atoms with Gasteiger partial charge in [0.25, 0.3) is 5.91 Å². The minimum Gasteiger partial charge on any atom is -0.356 e. The topological polar surface area (TPSA) is 271 Å². The van der Waals surface area contributed by atoms with Gasteiger partial charge in [-0.05, 0) is 142 Å². The molecular weight excluding hydrogens is 1250 g/mol. The average molecular weight is 1320 g/mol. The van der Waals surface area contributed by atoms with Gasteiger partial charge in [-0.25, -0.2) is 12.8 Å². The molecule has 0 atom stereocenters. The van der Waals surface area contributed by atoms with Crippen LogP contribution >= 0.6 is 0 Å². The first-order valence-electron chi connectivity index (χ1n) is 31.9. The number of alkyl halides is 3. The van der Waals surface area contributed by atoms with Gasteiger partial charge in [-0.2, -0.15) is 46.0 Å². The highest BCUT2D eigenvalue weighted by atomic mass is 32.2. The van der Waals surface area contributed by atoms with E-state index in [0.717, 1.165) is 72.4 Å². The maximum atomic E-state index is 16.2. The third-order valence-corrected chi connectivity index (χ3v) is 20.9. The molecule has 0 unspecified atom stereocenters. The Morgan fingerprint density at radius 2 is 1.08 bits per heavy atom. The summed E-state index contributed by atoms with van der Waals surface area (Å²) in [5, 5.41) is 27.9. The smallest absolute Gasteiger partial charge is 0.356 e. The third kappa shape index (κ3) is 11.2. The molecule has 4 amide bonds. The van der Waals surface area contributed by atoms with E-state index in [1.807, 2.05) is 54.3 Å². The minimum atomic E-state index is -4.88. The number of carbonyl (C=O) groups is 4. The summed E-state index contributed by atoms with van der Waals surface area (Å²) in [4.78, 5) is 74.8. The van der Waals surface area contributed by atoms with Gasteiger partial charge in [-0.1, -0.05) is 29.4 Å². The van der Waals surface area contributed by atoms with E-state index >= 15 is 4.39 Å². The van der Waals surface area contributed by atoms with Crippen LogP contribution in [0.5, 0.6) is 0 Å². The van der Waals surface area contributed by atoms with Crippen molar-refractivity contribution >= 4 is 96.9 Å². The fraction of sp³-hybridized carbons (Fsp3) is 0.369. The van der Waals surface area contributed by atoms with Gasteiger partial charge >= 0.3 is 6.18 Å². The van der Waals surface area contributed by atoms with E-state index in [1.54, 1.807) is 36.6 Å². The van der Waals surface area contributed by atoms with Crippen LogP contribution < -0.4 is 30.7 Å². The molecule has 3 aromatic carbocycles. The summed E-state index contributed by atoms with van der Waals surface area (Å²) in [7, 11) is -4.53.